The second-order valence-electron chi connectivity index (χ2n) is 4.10. The van der Waals surface area contributed by atoms with Crippen LogP contribution < -0.4 is 10.5 Å². The number of halogens is 1. The highest BCUT2D eigenvalue weighted by molar-refractivity contribution is 7.99. The predicted octanol–water partition coefficient (Wildman–Crippen LogP) is 3.14. The summed E-state index contributed by atoms with van der Waals surface area (Å²) in [6.07, 6.45) is 1.32. The van der Waals surface area contributed by atoms with E-state index in [1.165, 1.54) is 12.4 Å². The van der Waals surface area contributed by atoms with Crippen molar-refractivity contribution >= 4 is 17.4 Å². The van der Waals surface area contributed by atoms with Gasteiger partial charge < -0.3 is 10.5 Å². The summed E-state index contributed by atoms with van der Waals surface area (Å²) in [6.45, 7) is 3.76. The summed E-state index contributed by atoms with van der Waals surface area (Å²) in [6, 6.07) is 6.46. The van der Waals surface area contributed by atoms with Crippen LogP contribution in [0.25, 0.3) is 0 Å². The van der Waals surface area contributed by atoms with E-state index in [9.17, 15) is 4.39 Å². The third-order valence-electron chi connectivity index (χ3n) is 2.20. The zero-order valence-electron chi connectivity index (χ0n) is 10.6. The summed E-state index contributed by atoms with van der Waals surface area (Å²) in [5.74, 6) is 0.0145. The van der Waals surface area contributed by atoms with Crippen molar-refractivity contribution in [3.8, 4) is 5.88 Å². The Kier molecular flexibility index (Phi) is 4.21. The van der Waals surface area contributed by atoms with E-state index in [2.05, 4.69) is 9.97 Å². The van der Waals surface area contributed by atoms with Gasteiger partial charge in [-0.05, 0) is 26.0 Å². The fourth-order valence-electron chi connectivity index (χ4n) is 1.39. The van der Waals surface area contributed by atoms with Crippen LogP contribution in [0.2, 0.25) is 0 Å². The molecule has 19 heavy (non-hydrogen) atoms. The molecule has 0 aliphatic carbocycles. The van der Waals surface area contributed by atoms with E-state index in [4.69, 9.17) is 10.5 Å². The molecule has 0 saturated heterocycles. The van der Waals surface area contributed by atoms with Gasteiger partial charge in [0.1, 0.15) is 22.9 Å². The van der Waals surface area contributed by atoms with Crippen molar-refractivity contribution in [2.24, 2.45) is 0 Å². The van der Waals surface area contributed by atoms with Gasteiger partial charge in [-0.3, -0.25) is 0 Å². The number of nitrogens with zero attached hydrogens (tertiary/aromatic N) is 2. The van der Waals surface area contributed by atoms with E-state index < -0.39 is 0 Å². The molecule has 6 heteroatoms. The van der Waals surface area contributed by atoms with Gasteiger partial charge in [-0.15, -0.1) is 0 Å². The van der Waals surface area contributed by atoms with Crippen molar-refractivity contribution in [2.45, 2.75) is 29.9 Å². The molecule has 0 fully saturated rings. The monoisotopic (exact) mass is 279 g/mol. The Morgan fingerprint density at radius 2 is 2.00 bits per heavy atom. The van der Waals surface area contributed by atoms with Crippen LogP contribution in [0.3, 0.4) is 0 Å². The number of ether oxygens (including phenoxy) is 1. The molecule has 0 unspecified atom stereocenters. The van der Waals surface area contributed by atoms with Crippen LogP contribution >= 0.6 is 11.8 Å². The molecule has 1 aromatic carbocycles. The highest BCUT2D eigenvalue weighted by atomic mass is 32.2. The van der Waals surface area contributed by atoms with Crippen LogP contribution in [-0.4, -0.2) is 16.1 Å². The van der Waals surface area contributed by atoms with Gasteiger partial charge in [0, 0.05) is 4.90 Å². The second kappa shape index (κ2) is 5.88. The molecule has 0 radical (unpaired) electrons. The van der Waals surface area contributed by atoms with E-state index >= 15 is 0 Å². The molecule has 0 saturated carbocycles. The molecule has 2 aromatic rings. The maximum atomic E-state index is 13.6. The number of benzene rings is 1. The minimum Gasteiger partial charge on any atom is -0.473 e. The van der Waals surface area contributed by atoms with Gasteiger partial charge in [0.05, 0.1) is 6.10 Å². The minimum atomic E-state index is -0.308. The zero-order chi connectivity index (χ0) is 13.8. The van der Waals surface area contributed by atoms with E-state index in [1.54, 1.807) is 18.2 Å². The van der Waals surface area contributed by atoms with Gasteiger partial charge in [-0.1, -0.05) is 23.9 Å². The highest BCUT2D eigenvalue weighted by Gasteiger charge is 2.13. The molecule has 1 aromatic heterocycles. The molecular formula is C13H14FN3OS. The van der Waals surface area contributed by atoms with Crippen molar-refractivity contribution < 1.29 is 9.13 Å². The molecule has 0 spiro atoms. The maximum Gasteiger partial charge on any atom is 0.241 e. The fraction of sp³-hybridized carbons (Fsp3) is 0.231. The Morgan fingerprint density at radius 3 is 2.68 bits per heavy atom. The Labute approximate surface area is 115 Å². The fourth-order valence-corrected chi connectivity index (χ4v) is 2.21. The number of hydrogen-bond acceptors (Lipinski definition) is 5. The topological polar surface area (TPSA) is 61.0 Å². The number of nitrogens with two attached hydrogens (primary N) is 1. The van der Waals surface area contributed by atoms with E-state index in [1.807, 2.05) is 13.8 Å². The lowest BCUT2D eigenvalue weighted by Gasteiger charge is -2.12. The van der Waals surface area contributed by atoms with E-state index in [0.29, 0.717) is 21.5 Å². The van der Waals surface area contributed by atoms with Crippen LogP contribution in [0, 0.1) is 5.82 Å². The number of rotatable bonds is 4. The van der Waals surface area contributed by atoms with Crippen molar-refractivity contribution in [2.75, 3.05) is 5.73 Å². The first-order valence-corrected chi connectivity index (χ1v) is 6.59. The largest absolute Gasteiger partial charge is 0.473 e. The summed E-state index contributed by atoms with van der Waals surface area (Å²) in [7, 11) is 0. The van der Waals surface area contributed by atoms with Gasteiger partial charge in [0.25, 0.3) is 0 Å². The first kappa shape index (κ1) is 13.6. The average molecular weight is 279 g/mol. The van der Waals surface area contributed by atoms with Gasteiger partial charge in [-0.2, -0.15) is 4.98 Å². The lowest BCUT2D eigenvalue weighted by Crippen LogP contribution is -2.10. The first-order valence-electron chi connectivity index (χ1n) is 5.77. The van der Waals surface area contributed by atoms with Gasteiger partial charge in [0.2, 0.25) is 5.88 Å². The molecule has 0 atom stereocenters. The van der Waals surface area contributed by atoms with Crippen molar-refractivity contribution in [1.29, 1.82) is 0 Å². The van der Waals surface area contributed by atoms with Gasteiger partial charge in [0.15, 0.2) is 0 Å². The van der Waals surface area contributed by atoms with Crippen molar-refractivity contribution in [3.05, 3.63) is 36.4 Å². The molecule has 4 nitrogen and oxygen atoms in total. The number of anilines is 1. The number of aromatic nitrogens is 2. The van der Waals surface area contributed by atoms with Crippen molar-refractivity contribution in [3.63, 3.8) is 0 Å². The van der Waals surface area contributed by atoms with Crippen LogP contribution in [-0.2, 0) is 0 Å². The lowest BCUT2D eigenvalue weighted by atomic mass is 10.3. The molecule has 0 amide bonds. The Bertz CT molecular complexity index is 578. The SMILES string of the molecule is CC(C)Oc1ncnc(Sc2ccccc2F)c1N. The van der Waals surface area contributed by atoms with E-state index in [-0.39, 0.29) is 11.9 Å². The predicted molar refractivity (Wildman–Crippen MR) is 72.7 cm³/mol. The van der Waals surface area contributed by atoms with Crippen LogP contribution in [0.4, 0.5) is 10.1 Å². The zero-order valence-corrected chi connectivity index (χ0v) is 11.4. The van der Waals surface area contributed by atoms with Gasteiger partial charge >= 0.3 is 0 Å². The third kappa shape index (κ3) is 3.35. The summed E-state index contributed by atoms with van der Waals surface area (Å²) >= 11 is 1.15. The van der Waals surface area contributed by atoms with Crippen LogP contribution in [0.15, 0.2) is 40.5 Å². The Hall–Kier alpha value is -1.82. The standard InChI is InChI=1S/C13H14FN3OS/c1-8(2)18-12-11(15)13(17-7-16-12)19-10-6-4-3-5-9(10)14/h3-8H,15H2,1-2H3. The van der Waals surface area contributed by atoms with Crippen LogP contribution in [0.1, 0.15) is 13.8 Å². The first-order chi connectivity index (χ1) is 9.08. The summed E-state index contributed by atoms with van der Waals surface area (Å²) < 4.78 is 19.1. The summed E-state index contributed by atoms with van der Waals surface area (Å²) in [5, 5.41) is 0.482. The lowest BCUT2D eigenvalue weighted by molar-refractivity contribution is 0.233. The molecule has 0 bridgehead atoms. The van der Waals surface area contributed by atoms with E-state index in [0.717, 1.165) is 11.8 Å². The Morgan fingerprint density at radius 1 is 1.26 bits per heavy atom. The minimum absolute atomic E-state index is 0.0384. The van der Waals surface area contributed by atoms with Gasteiger partial charge in [-0.25, -0.2) is 9.37 Å². The third-order valence-corrected chi connectivity index (χ3v) is 3.27. The van der Waals surface area contributed by atoms with Crippen LogP contribution in [0.5, 0.6) is 5.88 Å². The Balaban J connectivity index is 2.28. The molecule has 2 N–H and O–H groups in total. The molecular weight excluding hydrogens is 265 g/mol. The highest BCUT2D eigenvalue weighted by Crippen LogP contribution is 2.35. The molecule has 100 valence electrons. The second-order valence-corrected chi connectivity index (χ2v) is 5.13. The quantitative estimate of drug-likeness (QED) is 0.871. The molecule has 0 aliphatic heterocycles. The molecule has 1 heterocycles. The number of nitrogen functional groups attached to an aromatic ring is 1. The maximum absolute atomic E-state index is 13.6. The smallest absolute Gasteiger partial charge is 0.241 e. The molecule has 0 aliphatic rings. The normalized spacial score (nSPS) is 10.7. The molecule has 2 rings (SSSR count). The summed E-state index contributed by atoms with van der Waals surface area (Å²) in [5.41, 5.74) is 6.26. The number of hydrogen-bond donors (Lipinski definition) is 1. The average Bonchev–Trinajstić information content (AvgIpc) is 2.36. The van der Waals surface area contributed by atoms with Crippen molar-refractivity contribution in [1.82, 2.24) is 9.97 Å². The summed E-state index contributed by atoms with van der Waals surface area (Å²) in [4.78, 5) is 8.50.